The molecule has 1 N–H and O–H groups in total. The molecule has 0 aliphatic carbocycles. The van der Waals surface area contributed by atoms with Gasteiger partial charge in [0.05, 0.1) is 0 Å². The van der Waals surface area contributed by atoms with Crippen LogP contribution in [0.15, 0.2) is 44.1 Å². The van der Waals surface area contributed by atoms with Gasteiger partial charge in [0, 0.05) is 18.2 Å². The maximum absolute atomic E-state index is 11.4. The van der Waals surface area contributed by atoms with Crippen molar-refractivity contribution in [1.29, 1.82) is 0 Å². The lowest BCUT2D eigenvalue weighted by Crippen LogP contribution is -2.00. The van der Waals surface area contributed by atoms with Gasteiger partial charge in [-0.15, -0.1) is 0 Å². The molecule has 7 nitrogen and oxygen atoms in total. The number of aromatic nitrogens is 2. The van der Waals surface area contributed by atoms with E-state index in [1.54, 1.807) is 25.1 Å². The van der Waals surface area contributed by atoms with E-state index in [1.165, 1.54) is 6.07 Å². The maximum Gasteiger partial charge on any atom is 0.294 e. The van der Waals surface area contributed by atoms with Crippen LogP contribution in [0.5, 0.6) is 0 Å². The molecule has 2 aromatic heterocycles. The van der Waals surface area contributed by atoms with Crippen molar-refractivity contribution in [2.75, 3.05) is 0 Å². The molecule has 0 fully saturated rings. The molecule has 0 aliphatic rings. The van der Waals surface area contributed by atoms with Crippen LogP contribution in [0, 0.1) is 13.8 Å². The van der Waals surface area contributed by atoms with Crippen LogP contribution in [0.1, 0.15) is 22.9 Å². The van der Waals surface area contributed by atoms with E-state index in [1.807, 2.05) is 25.1 Å². The molecular formula is C18H14N2O5S. The summed E-state index contributed by atoms with van der Waals surface area (Å²) in [5, 5.41) is 0. The van der Waals surface area contributed by atoms with Gasteiger partial charge >= 0.3 is 0 Å². The Kier molecular flexibility index (Phi) is 3.67. The van der Waals surface area contributed by atoms with Crippen LogP contribution in [-0.2, 0) is 10.1 Å². The molecule has 26 heavy (non-hydrogen) atoms. The van der Waals surface area contributed by atoms with Gasteiger partial charge in [-0.05, 0) is 43.2 Å². The highest BCUT2D eigenvalue weighted by Crippen LogP contribution is 2.25. The minimum Gasteiger partial charge on any atom is -0.437 e. The monoisotopic (exact) mass is 370 g/mol. The van der Waals surface area contributed by atoms with Crippen LogP contribution in [0.3, 0.4) is 0 Å². The highest BCUT2D eigenvalue weighted by atomic mass is 32.2. The summed E-state index contributed by atoms with van der Waals surface area (Å²) in [5.74, 6) is 0.674. The summed E-state index contributed by atoms with van der Waals surface area (Å²) in [6.07, 6.45) is 3.20. The van der Waals surface area contributed by atoms with Gasteiger partial charge in [0.1, 0.15) is 15.9 Å². The van der Waals surface area contributed by atoms with E-state index < -0.39 is 10.1 Å². The van der Waals surface area contributed by atoms with Gasteiger partial charge in [-0.1, -0.05) is 6.07 Å². The summed E-state index contributed by atoms with van der Waals surface area (Å²) in [7, 11) is -4.32. The number of nitrogens with zero attached hydrogens (tertiary/aromatic N) is 2. The first-order chi connectivity index (χ1) is 12.3. The van der Waals surface area contributed by atoms with Gasteiger partial charge in [0.15, 0.2) is 11.2 Å². The Labute approximate surface area is 148 Å². The van der Waals surface area contributed by atoms with Crippen LogP contribution in [0.2, 0.25) is 0 Å². The van der Waals surface area contributed by atoms with Crippen LogP contribution >= 0.6 is 0 Å². The molecule has 4 rings (SSSR count). The van der Waals surface area contributed by atoms with Crippen molar-refractivity contribution in [3.8, 4) is 0 Å². The molecule has 0 radical (unpaired) electrons. The van der Waals surface area contributed by atoms with Crippen molar-refractivity contribution in [2.45, 2.75) is 18.7 Å². The van der Waals surface area contributed by atoms with Crippen molar-refractivity contribution in [3.05, 3.63) is 53.2 Å². The molecule has 8 heteroatoms. The number of aryl methyl sites for hydroxylation is 2. The van der Waals surface area contributed by atoms with E-state index in [0.29, 0.717) is 22.6 Å². The molecule has 0 spiro atoms. The minimum atomic E-state index is -4.32. The van der Waals surface area contributed by atoms with Gasteiger partial charge in [-0.25, -0.2) is 9.97 Å². The van der Waals surface area contributed by atoms with E-state index in [0.717, 1.165) is 11.1 Å². The van der Waals surface area contributed by atoms with Gasteiger partial charge in [-0.2, -0.15) is 8.42 Å². The van der Waals surface area contributed by atoms with E-state index in [-0.39, 0.29) is 16.4 Å². The molecule has 0 aliphatic heterocycles. The van der Waals surface area contributed by atoms with Crippen LogP contribution in [0.25, 0.3) is 34.4 Å². The number of fused-ring (bicyclic) bond motifs is 2. The molecule has 0 amide bonds. The number of hydrogen-bond donors (Lipinski definition) is 1. The third-order valence-corrected chi connectivity index (χ3v) is 4.90. The van der Waals surface area contributed by atoms with E-state index in [9.17, 15) is 13.0 Å². The highest BCUT2D eigenvalue weighted by Gasteiger charge is 2.16. The maximum atomic E-state index is 11.4. The lowest BCUT2D eigenvalue weighted by molar-refractivity contribution is 0.482. The predicted octanol–water partition coefficient (Wildman–Crippen LogP) is 4.00. The second kappa shape index (κ2) is 5.79. The zero-order chi connectivity index (χ0) is 18.5. The minimum absolute atomic E-state index is 0.203. The van der Waals surface area contributed by atoms with Gasteiger partial charge in [0.25, 0.3) is 10.1 Å². The van der Waals surface area contributed by atoms with Crippen molar-refractivity contribution in [1.82, 2.24) is 9.97 Å². The van der Waals surface area contributed by atoms with Gasteiger partial charge in [-0.3, -0.25) is 4.55 Å². The lowest BCUT2D eigenvalue weighted by atomic mass is 10.2. The topological polar surface area (TPSA) is 106 Å². The van der Waals surface area contributed by atoms with Crippen molar-refractivity contribution < 1.29 is 21.8 Å². The van der Waals surface area contributed by atoms with Gasteiger partial charge in [0.2, 0.25) is 11.8 Å². The summed E-state index contributed by atoms with van der Waals surface area (Å²) < 4.78 is 43.2. The molecule has 2 aromatic carbocycles. The molecule has 0 atom stereocenters. The first-order valence-electron chi connectivity index (χ1n) is 7.73. The predicted molar refractivity (Wildman–Crippen MR) is 96.2 cm³/mol. The van der Waals surface area contributed by atoms with Crippen molar-refractivity contribution in [2.24, 2.45) is 0 Å². The van der Waals surface area contributed by atoms with E-state index in [4.69, 9.17) is 8.83 Å². The molecule has 0 bridgehead atoms. The number of hydrogen-bond acceptors (Lipinski definition) is 6. The van der Waals surface area contributed by atoms with Crippen molar-refractivity contribution in [3.63, 3.8) is 0 Å². The number of rotatable bonds is 3. The molecule has 0 unspecified atom stereocenters. The quantitative estimate of drug-likeness (QED) is 0.543. The second-order valence-corrected chi connectivity index (χ2v) is 7.36. The third kappa shape index (κ3) is 3.00. The molecular weight excluding hydrogens is 356 g/mol. The summed E-state index contributed by atoms with van der Waals surface area (Å²) in [4.78, 5) is 8.45. The largest absolute Gasteiger partial charge is 0.437 e. The molecule has 4 aromatic rings. The fourth-order valence-electron chi connectivity index (χ4n) is 2.70. The van der Waals surface area contributed by atoms with E-state index in [2.05, 4.69) is 9.97 Å². The standard InChI is InChI=1S/C18H14N2O5S/c1-10-3-4-14-12(7-10)19-17(24-14)5-6-18-20-13-8-11(2)16(26(21,22)23)9-15(13)25-18/h3-9H,1-2H3,(H,21,22,23). The first kappa shape index (κ1) is 16.5. The Morgan fingerprint density at radius 3 is 2.19 bits per heavy atom. The highest BCUT2D eigenvalue weighted by molar-refractivity contribution is 7.85. The molecule has 2 heterocycles. The summed E-state index contributed by atoms with van der Waals surface area (Å²) in [6.45, 7) is 3.55. The fourth-order valence-corrected chi connectivity index (χ4v) is 3.42. The average Bonchev–Trinajstić information content (AvgIpc) is 3.13. The molecule has 0 saturated carbocycles. The second-order valence-electron chi connectivity index (χ2n) is 5.97. The average molecular weight is 370 g/mol. The van der Waals surface area contributed by atoms with Crippen LogP contribution in [0.4, 0.5) is 0 Å². The van der Waals surface area contributed by atoms with Crippen LogP contribution < -0.4 is 0 Å². The fraction of sp³-hybridized carbons (Fsp3) is 0.111. The Morgan fingerprint density at radius 1 is 0.923 bits per heavy atom. The smallest absolute Gasteiger partial charge is 0.294 e. The Morgan fingerprint density at radius 2 is 1.54 bits per heavy atom. The number of oxazole rings is 2. The summed E-state index contributed by atoms with van der Waals surface area (Å²) in [6, 6.07) is 8.52. The molecule has 0 saturated heterocycles. The molecule has 132 valence electrons. The Hall–Kier alpha value is -2.97. The zero-order valence-corrected chi connectivity index (χ0v) is 14.7. The van der Waals surface area contributed by atoms with E-state index >= 15 is 0 Å². The normalized spacial score (nSPS) is 12.6. The summed E-state index contributed by atoms with van der Waals surface area (Å²) >= 11 is 0. The number of benzene rings is 2. The SMILES string of the molecule is Cc1ccc2oc(C=Cc3nc4cc(C)c(S(=O)(=O)O)cc4o3)nc2c1. The lowest BCUT2D eigenvalue weighted by Gasteiger charge is -2.00. The summed E-state index contributed by atoms with van der Waals surface area (Å²) in [5.41, 5.74) is 3.67. The Balaban J connectivity index is 1.71. The van der Waals surface area contributed by atoms with Gasteiger partial charge < -0.3 is 8.83 Å². The van der Waals surface area contributed by atoms with Crippen molar-refractivity contribution >= 4 is 44.5 Å². The Bertz CT molecular complexity index is 1280. The van der Waals surface area contributed by atoms with Crippen LogP contribution in [-0.4, -0.2) is 22.9 Å². The first-order valence-corrected chi connectivity index (χ1v) is 9.17. The third-order valence-electron chi connectivity index (χ3n) is 3.91. The zero-order valence-electron chi connectivity index (χ0n) is 13.9.